The van der Waals surface area contributed by atoms with E-state index in [0.29, 0.717) is 12.9 Å². The molecule has 0 aliphatic heterocycles. The lowest BCUT2D eigenvalue weighted by Gasteiger charge is -1.94. The van der Waals surface area contributed by atoms with Crippen molar-refractivity contribution in [2.75, 3.05) is 6.61 Å². The van der Waals surface area contributed by atoms with Gasteiger partial charge in [0.25, 0.3) is 0 Å². The molecule has 0 aromatic carbocycles. The summed E-state index contributed by atoms with van der Waals surface area (Å²) in [5, 5.41) is 0. The molecule has 0 fully saturated rings. The molecule has 0 aromatic rings. The lowest BCUT2D eigenvalue weighted by molar-refractivity contribution is -0.107. The average Bonchev–Trinajstić information content (AvgIpc) is 1.68. The van der Waals surface area contributed by atoms with E-state index in [2.05, 4.69) is 11.3 Å². The van der Waals surface area contributed by atoms with Crippen molar-refractivity contribution in [2.45, 2.75) is 6.92 Å². The second-order valence-corrected chi connectivity index (χ2v) is 1.02. The van der Waals surface area contributed by atoms with Crippen LogP contribution in [0.2, 0.25) is 0 Å². The largest absolute Gasteiger partial charge is 0.491 e. The van der Waals surface area contributed by atoms with Crippen LogP contribution in [0.5, 0.6) is 0 Å². The van der Waals surface area contributed by atoms with Crippen molar-refractivity contribution in [3.8, 4) is 0 Å². The Morgan fingerprint density at radius 3 is 2.71 bits per heavy atom. The van der Waals surface area contributed by atoms with Gasteiger partial charge in [0.05, 0.1) is 6.61 Å². The minimum absolute atomic E-state index is 0.197. The van der Waals surface area contributed by atoms with Crippen LogP contribution in [0, 0.1) is 0 Å². The Kier molecular flexibility index (Phi) is 3.02. The molecule has 2 heteroatoms. The highest BCUT2D eigenvalue weighted by Crippen LogP contribution is 1.83. The molecule has 0 N–H and O–H groups in total. The summed E-state index contributed by atoms with van der Waals surface area (Å²) in [4.78, 5) is 9.67. The molecule has 0 unspecified atom stereocenters. The molecule has 0 amide bonds. The normalized spacial score (nSPS) is 7.57. The topological polar surface area (TPSA) is 26.3 Å². The predicted octanol–water partition coefficient (Wildman–Crippen LogP) is 0.735. The highest BCUT2D eigenvalue weighted by molar-refractivity contribution is 5.68. The maximum absolute atomic E-state index is 9.67. The van der Waals surface area contributed by atoms with E-state index in [1.165, 1.54) is 0 Å². The quantitative estimate of drug-likeness (QED) is 0.297. The highest BCUT2D eigenvalue weighted by atomic mass is 16.5. The summed E-state index contributed by atoms with van der Waals surface area (Å²) in [6.07, 6.45) is 0.587. The zero-order valence-corrected chi connectivity index (χ0v) is 4.31. The van der Waals surface area contributed by atoms with Gasteiger partial charge in [-0.25, -0.2) is 0 Å². The molecule has 0 aromatic heterocycles. The average molecular weight is 100 g/mol. The molecule has 0 saturated heterocycles. The molecule has 0 aliphatic carbocycles. The Labute approximate surface area is 42.8 Å². The fourth-order valence-corrected chi connectivity index (χ4v) is 0.219. The molecule has 7 heavy (non-hydrogen) atoms. The van der Waals surface area contributed by atoms with Crippen LogP contribution in [0.15, 0.2) is 12.3 Å². The lowest BCUT2D eigenvalue weighted by atomic mass is 10.6. The first kappa shape index (κ1) is 6.21. The summed E-state index contributed by atoms with van der Waals surface area (Å²) in [5.41, 5.74) is 0. The van der Waals surface area contributed by atoms with Crippen LogP contribution < -0.4 is 0 Å². The van der Waals surface area contributed by atoms with E-state index >= 15 is 0 Å². The third kappa shape index (κ3) is 3.03. The standard InChI is InChI=1S/C5H8O2/c1-3-7-5(2)4-6/h4H,2-3H2,1H3. The van der Waals surface area contributed by atoms with Gasteiger partial charge in [0.1, 0.15) is 0 Å². The molecule has 0 bridgehead atoms. The molecule has 0 rings (SSSR count). The van der Waals surface area contributed by atoms with E-state index in [1.807, 2.05) is 0 Å². The Hall–Kier alpha value is -0.790. The van der Waals surface area contributed by atoms with Crippen molar-refractivity contribution < 1.29 is 9.53 Å². The van der Waals surface area contributed by atoms with E-state index in [9.17, 15) is 4.79 Å². The number of carbonyl (C=O) groups excluding carboxylic acids is 1. The van der Waals surface area contributed by atoms with Crippen LogP contribution in [0.3, 0.4) is 0 Å². The van der Waals surface area contributed by atoms with Crippen molar-refractivity contribution in [3.05, 3.63) is 12.3 Å². The fraction of sp³-hybridized carbons (Fsp3) is 0.400. The summed E-state index contributed by atoms with van der Waals surface area (Å²) in [6, 6.07) is 0. The van der Waals surface area contributed by atoms with Gasteiger partial charge in [0.15, 0.2) is 12.0 Å². The van der Waals surface area contributed by atoms with Crippen LogP contribution in [0.4, 0.5) is 0 Å². The molecule has 0 saturated carbocycles. The minimum Gasteiger partial charge on any atom is -0.491 e. The molecule has 0 heterocycles. The van der Waals surface area contributed by atoms with Crippen molar-refractivity contribution in [1.82, 2.24) is 0 Å². The molecule has 0 atom stereocenters. The maximum Gasteiger partial charge on any atom is 0.184 e. The Bertz CT molecular complexity index is 76.1. The van der Waals surface area contributed by atoms with Crippen LogP contribution in [-0.2, 0) is 9.53 Å². The Balaban J connectivity index is 3.17. The van der Waals surface area contributed by atoms with Crippen molar-refractivity contribution in [2.24, 2.45) is 0 Å². The maximum atomic E-state index is 9.67. The zero-order chi connectivity index (χ0) is 5.70. The number of ether oxygens (including phenoxy) is 1. The number of allylic oxidation sites excluding steroid dienone is 1. The molecule has 2 nitrogen and oxygen atoms in total. The van der Waals surface area contributed by atoms with Gasteiger partial charge >= 0.3 is 0 Å². The Morgan fingerprint density at radius 2 is 2.57 bits per heavy atom. The predicted molar refractivity (Wildman–Crippen MR) is 26.8 cm³/mol. The van der Waals surface area contributed by atoms with Crippen LogP contribution >= 0.6 is 0 Å². The van der Waals surface area contributed by atoms with Crippen molar-refractivity contribution in [1.29, 1.82) is 0 Å². The van der Waals surface area contributed by atoms with Gasteiger partial charge in [-0.2, -0.15) is 0 Å². The second-order valence-electron chi connectivity index (χ2n) is 1.02. The summed E-state index contributed by atoms with van der Waals surface area (Å²) < 4.78 is 4.63. The smallest absolute Gasteiger partial charge is 0.184 e. The number of hydrogen-bond acceptors (Lipinski definition) is 2. The third-order valence-corrected chi connectivity index (χ3v) is 0.461. The first-order valence-corrected chi connectivity index (χ1v) is 2.08. The van der Waals surface area contributed by atoms with Gasteiger partial charge in [0, 0.05) is 0 Å². The number of carbonyl (C=O) groups is 1. The van der Waals surface area contributed by atoms with Crippen LogP contribution in [0.1, 0.15) is 6.92 Å². The molecular weight excluding hydrogens is 92.1 g/mol. The van der Waals surface area contributed by atoms with Gasteiger partial charge < -0.3 is 4.74 Å². The summed E-state index contributed by atoms with van der Waals surface area (Å²) >= 11 is 0. The van der Waals surface area contributed by atoms with E-state index in [0.717, 1.165) is 0 Å². The van der Waals surface area contributed by atoms with Crippen LogP contribution in [0.25, 0.3) is 0 Å². The number of hydrogen-bond donors (Lipinski definition) is 0. The third-order valence-electron chi connectivity index (χ3n) is 0.461. The monoisotopic (exact) mass is 100 g/mol. The van der Waals surface area contributed by atoms with Gasteiger partial charge in [-0.1, -0.05) is 6.58 Å². The fourth-order valence-electron chi connectivity index (χ4n) is 0.219. The van der Waals surface area contributed by atoms with E-state index < -0.39 is 0 Å². The van der Waals surface area contributed by atoms with E-state index in [-0.39, 0.29) is 5.76 Å². The van der Waals surface area contributed by atoms with E-state index in [1.54, 1.807) is 6.92 Å². The first-order chi connectivity index (χ1) is 3.31. The SMILES string of the molecule is C=C(C=O)OCC. The molecule has 40 valence electrons. The van der Waals surface area contributed by atoms with Crippen molar-refractivity contribution >= 4 is 6.29 Å². The minimum atomic E-state index is 0.197. The number of rotatable bonds is 3. The highest BCUT2D eigenvalue weighted by Gasteiger charge is 1.82. The second kappa shape index (κ2) is 3.40. The lowest BCUT2D eigenvalue weighted by Crippen LogP contribution is -1.88. The Morgan fingerprint density at radius 1 is 2.00 bits per heavy atom. The molecule has 0 spiro atoms. The van der Waals surface area contributed by atoms with Gasteiger partial charge in [-0.3, -0.25) is 4.79 Å². The van der Waals surface area contributed by atoms with Crippen molar-refractivity contribution in [3.63, 3.8) is 0 Å². The number of aldehydes is 1. The van der Waals surface area contributed by atoms with Gasteiger partial charge in [-0.15, -0.1) is 0 Å². The summed E-state index contributed by atoms with van der Waals surface area (Å²) in [6.45, 7) is 5.58. The summed E-state index contributed by atoms with van der Waals surface area (Å²) in [7, 11) is 0. The molecule has 0 radical (unpaired) electrons. The first-order valence-electron chi connectivity index (χ1n) is 2.08. The molecular formula is C5H8O2. The van der Waals surface area contributed by atoms with Gasteiger partial charge in [-0.05, 0) is 6.92 Å². The van der Waals surface area contributed by atoms with Gasteiger partial charge in [0.2, 0.25) is 0 Å². The summed E-state index contributed by atoms with van der Waals surface area (Å²) in [5.74, 6) is 0.197. The zero-order valence-electron chi connectivity index (χ0n) is 4.31. The van der Waals surface area contributed by atoms with Crippen LogP contribution in [-0.4, -0.2) is 12.9 Å². The molecule has 0 aliphatic rings. The van der Waals surface area contributed by atoms with E-state index in [4.69, 9.17) is 0 Å².